The lowest BCUT2D eigenvalue weighted by molar-refractivity contribution is 0.408. The zero-order valence-electron chi connectivity index (χ0n) is 10.5. The summed E-state index contributed by atoms with van der Waals surface area (Å²) in [5.41, 5.74) is 0. The van der Waals surface area contributed by atoms with Crippen molar-refractivity contribution in [1.82, 2.24) is 5.32 Å². The van der Waals surface area contributed by atoms with Crippen molar-refractivity contribution in [2.45, 2.75) is 56.2 Å². The molecule has 0 spiro atoms. The van der Waals surface area contributed by atoms with Gasteiger partial charge in [-0.25, -0.2) is 0 Å². The molecule has 1 nitrogen and oxygen atoms in total. The van der Waals surface area contributed by atoms with Gasteiger partial charge in [0.05, 0.1) is 0 Å². The summed E-state index contributed by atoms with van der Waals surface area (Å²) in [5, 5.41) is 3.83. The smallest absolute Gasteiger partial charge is 0.0256 e. The van der Waals surface area contributed by atoms with E-state index < -0.39 is 0 Å². The lowest BCUT2D eigenvalue weighted by Crippen LogP contribution is -2.40. The molecule has 2 aliphatic rings. The quantitative estimate of drug-likeness (QED) is 0.681. The normalized spacial score (nSPS) is 31.6. The highest BCUT2D eigenvalue weighted by molar-refractivity contribution is 8.00. The third-order valence-corrected chi connectivity index (χ3v) is 5.45. The van der Waals surface area contributed by atoms with Crippen molar-refractivity contribution in [2.75, 3.05) is 12.3 Å². The van der Waals surface area contributed by atoms with Gasteiger partial charge in [-0.2, -0.15) is 11.8 Å². The van der Waals surface area contributed by atoms with Gasteiger partial charge in [0, 0.05) is 17.3 Å². The minimum absolute atomic E-state index is 0.515. The second-order valence-electron chi connectivity index (χ2n) is 5.59. The second kappa shape index (κ2) is 5.59. The molecule has 2 unspecified atom stereocenters. The summed E-state index contributed by atoms with van der Waals surface area (Å²) < 4.78 is 0.515. The first-order valence-electron chi connectivity index (χ1n) is 6.72. The lowest BCUT2D eigenvalue weighted by Gasteiger charge is -2.27. The Kier molecular flexibility index (Phi) is 4.37. The Hall–Kier alpha value is 0.0500. The number of rotatable bonds is 7. The fourth-order valence-electron chi connectivity index (χ4n) is 2.62. The number of hydrogen-bond donors (Lipinski definition) is 1. The van der Waals surface area contributed by atoms with Gasteiger partial charge in [0.2, 0.25) is 0 Å². The summed E-state index contributed by atoms with van der Waals surface area (Å²) in [7, 11) is 0. The first-order valence-corrected chi connectivity index (χ1v) is 7.70. The van der Waals surface area contributed by atoms with Crippen molar-refractivity contribution in [3.05, 3.63) is 12.7 Å². The molecular weight excluding hydrogens is 214 g/mol. The lowest BCUT2D eigenvalue weighted by atomic mass is 10.0. The van der Waals surface area contributed by atoms with Gasteiger partial charge in [-0.3, -0.25) is 0 Å². The molecule has 2 rings (SSSR count). The van der Waals surface area contributed by atoms with Gasteiger partial charge in [0.15, 0.2) is 0 Å². The molecule has 1 saturated carbocycles. The van der Waals surface area contributed by atoms with Crippen LogP contribution in [-0.2, 0) is 0 Å². The van der Waals surface area contributed by atoms with Gasteiger partial charge < -0.3 is 5.32 Å². The molecule has 1 saturated heterocycles. The van der Waals surface area contributed by atoms with Crippen LogP contribution < -0.4 is 5.32 Å². The average Bonchev–Trinajstić information content (AvgIpc) is 3.02. The number of thioether (sulfide) groups is 1. The Morgan fingerprint density at radius 2 is 2.38 bits per heavy atom. The molecule has 0 aromatic carbocycles. The standard InChI is InChI=1S/C14H25NS/c1-3-4-6-13(12-7-8-12)15-11-14(2)9-5-10-16-14/h3,12-13,15H,1,4-11H2,2H3. The average molecular weight is 239 g/mol. The van der Waals surface area contributed by atoms with Crippen molar-refractivity contribution in [3.8, 4) is 0 Å². The topological polar surface area (TPSA) is 12.0 Å². The zero-order chi connectivity index (χ0) is 11.4. The zero-order valence-corrected chi connectivity index (χ0v) is 11.3. The molecule has 0 bridgehead atoms. The molecule has 2 heteroatoms. The Morgan fingerprint density at radius 3 is 2.94 bits per heavy atom. The van der Waals surface area contributed by atoms with Crippen LogP contribution in [0.5, 0.6) is 0 Å². The summed E-state index contributed by atoms with van der Waals surface area (Å²) in [6.45, 7) is 7.46. The molecule has 2 atom stereocenters. The predicted molar refractivity (Wildman–Crippen MR) is 74.0 cm³/mol. The molecule has 0 radical (unpaired) electrons. The summed E-state index contributed by atoms with van der Waals surface area (Å²) in [4.78, 5) is 0. The van der Waals surface area contributed by atoms with Gasteiger partial charge >= 0.3 is 0 Å². The maximum absolute atomic E-state index is 3.83. The van der Waals surface area contributed by atoms with Gasteiger partial charge in [0.1, 0.15) is 0 Å². The van der Waals surface area contributed by atoms with Crippen LogP contribution in [0.3, 0.4) is 0 Å². The van der Waals surface area contributed by atoms with Gasteiger partial charge in [-0.05, 0) is 57.1 Å². The van der Waals surface area contributed by atoms with E-state index in [9.17, 15) is 0 Å². The highest BCUT2D eigenvalue weighted by Crippen LogP contribution is 2.39. The summed E-state index contributed by atoms with van der Waals surface area (Å²) in [6, 6.07) is 0.760. The molecule has 92 valence electrons. The van der Waals surface area contributed by atoms with Crippen molar-refractivity contribution >= 4 is 11.8 Å². The third kappa shape index (κ3) is 3.53. The molecule has 1 heterocycles. The third-order valence-electron chi connectivity index (χ3n) is 3.91. The Bertz CT molecular complexity index is 229. The molecule has 0 aromatic rings. The summed E-state index contributed by atoms with van der Waals surface area (Å²) >= 11 is 2.16. The maximum atomic E-state index is 3.83. The van der Waals surface area contributed by atoms with Crippen LogP contribution in [0.15, 0.2) is 12.7 Å². The highest BCUT2D eigenvalue weighted by Gasteiger charge is 2.34. The van der Waals surface area contributed by atoms with Crippen LogP contribution >= 0.6 is 11.8 Å². The van der Waals surface area contributed by atoms with Crippen LogP contribution in [-0.4, -0.2) is 23.1 Å². The molecule has 0 amide bonds. The van der Waals surface area contributed by atoms with E-state index in [2.05, 4.69) is 36.7 Å². The second-order valence-corrected chi connectivity index (χ2v) is 7.28. The number of allylic oxidation sites excluding steroid dienone is 1. The van der Waals surface area contributed by atoms with Crippen LogP contribution in [0, 0.1) is 5.92 Å². The largest absolute Gasteiger partial charge is 0.312 e. The van der Waals surface area contributed by atoms with E-state index >= 15 is 0 Å². The number of nitrogens with one attached hydrogen (secondary N) is 1. The molecule has 1 N–H and O–H groups in total. The van der Waals surface area contributed by atoms with Crippen molar-refractivity contribution < 1.29 is 0 Å². The van der Waals surface area contributed by atoms with Crippen molar-refractivity contribution in [2.24, 2.45) is 5.92 Å². The fourth-order valence-corrected chi connectivity index (χ4v) is 3.88. The summed E-state index contributed by atoms with van der Waals surface area (Å²) in [5.74, 6) is 2.33. The van der Waals surface area contributed by atoms with Crippen LogP contribution in [0.2, 0.25) is 0 Å². The highest BCUT2D eigenvalue weighted by atomic mass is 32.2. The maximum Gasteiger partial charge on any atom is 0.0256 e. The minimum Gasteiger partial charge on any atom is -0.312 e. The monoisotopic (exact) mass is 239 g/mol. The Morgan fingerprint density at radius 1 is 1.56 bits per heavy atom. The molecule has 16 heavy (non-hydrogen) atoms. The van der Waals surface area contributed by atoms with Crippen LogP contribution in [0.4, 0.5) is 0 Å². The van der Waals surface area contributed by atoms with Crippen LogP contribution in [0.25, 0.3) is 0 Å². The van der Waals surface area contributed by atoms with E-state index in [1.165, 1.54) is 44.4 Å². The van der Waals surface area contributed by atoms with Crippen molar-refractivity contribution in [3.63, 3.8) is 0 Å². The summed E-state index contributed by atoms with van der Waals surface area (Å²) in [6.07, 6.45) is 10.2. The van der Waals surface area contributed by atoms with E-state index in [-0.39, 0.29) is 0 Å². The Balaban J connectivity index is 1.74. The van der Waals surface area contributed by atoms with Gasteiger partial charge in [0.25, 0.3) is 0 Å². The van der Waals surface area contributed by atoms with Gasteiger partial charge in [-0.15, -0.1) is 6.58 Å². The fraction of sp³-hybridized carbons (Fsp3) is 0.857. The van der Waals surface area contributed by atoms with Gasteiger partial charge in [-0.1, -0.05) is 6.08 Å². The van der Waals surface area contributed by atoms with Crippen LogP contribution in [0.1, 0.15) is 45.4 Å². The van der Waals surface area contributed by atoms with E-state index in [0.29, 0.717) is 4.75 Å². The van der Waals surface area contributed by atoms with E-state index in [1.54, 1.807) is 0 Å². The minimum atomic E-state index is 0.515. The predicted octanol–water partition coefficient (Wildman–Crippen LogP) is 3.61. The molecule has 1 aliphatic heterocycles. The first kappa shape index (κ1) is 12.5. The van der Waals surface area contributed by atoms with E-state index in [1.807, 2.05) is 0 Å². The number of hydrogen-bond acceptors (Lipinski definition) is 2. The SMILES string of the molecule is C=CCCC(NCC1(C)CCCS1)C1CC1. The molecule has 0 aromatic heterocycles. The molecule has 2 fully saturated rings. The molecular formula is C14H25NS. The van der Waals surface area contributed by atoms with E-state index in [0.717, 1.165) is 18.4 Å². The Labute approximate surface area is 104 Å². The first-order chi connectivity index (χ1) is 7.73. The van der Waals surface area contributed by atoms with E-state index in [4.69, 9.17) is 0 Å². The van der Waals surface area contributed by atoms with Crippen molar-refractivity contribution in [1.29, 1.82) is 0 Å². The molecule has 1 aliphatic carbocycles.